The predicted octanol–water partition coefficient (Wildman–Crippen LogP) is 3.70. The van der Waals surface area contributed by atoms with Crippen LogP contribution in [-0.4, -0.2) is 7.11 Å². The van der Waals surface area contributed by atoms with E-state index in [0.29, 0.717) is 33.0 Å². The molecule has 0 atom stereocenters. The highest BCUT2D eigenvalue weighted by Gasteiger charge is 2.08. The van der Waals surface area contributed by atoms with Gasteiger partial charge in [0.25, 0.3) is 0 Å². The van der Waals surface area contributed by atoms with Gasteiger partial charge in [-0.1, -0.05) is 0 Å². The maximum absolute atomic E-state index is 8.81. The van der Waals surface area contributed by atoms with Crippen molar-refractivity contribution < 1.29 is 9.47 Å². The van der Waals surface area contributed by atoms with Crippen LogP contribution in [0.5, 0.6) is 17.2 Å². The molecule has 2 N–H and O–H groups in total. The zero-order valence-electron chi connectivity index (χ0n) is 10.2. The highest BCUT2D eigenvalue weighted by molar-refractivity contribution is 9.10. The van der Waals surface area contributed by atoms with Gasteiger partial charge < -0.3 is 15.2 Å². The van der Waals surface area contributed by atoms with Crippen LogP contribution in [0.15, 0.2) is 40.9 Å². The molecule has 2 aromatic rings. The molecule has 96 valence electrons. The van der Waals surface area contributed by atoms with Crippen molar-refractivity contribution >= 4 is 21.6 Å². The number of halogens is 1. The number of nitrogens with zero attached hydrogens (tertiary/aromatic N) is 1. The standard InChI is InChI=1S/C14H11BrN2O2/c1-18-10-3-4-12(17)14(7-10)19-13-5-2-9(8-16)6-11(13)15/h2-7H,17H2,1H3. The van der Waals surface area contributed by atoms with Crippen molar-refractivity contribution in [3.05, 3.63) is 46.4 Å². The van der Waals surface area contributed by atoms with Gasteiger partial charge in [-0.2, -0.15) is 5.26 Å². The second-order valence-electron chi connectivity index (χ2n) is 3.76. The van der Waals surface area contributed by atoms with Gasteiger partial charge >= 0.3 is 0 Å². The van der Waals surface area contributed by atoms with E-state index in [0.717, 1.165) is 0 Å². The van der Waals surface area contributed by atoms with Crippen molar-refractivity contribution in [3.63, 3.8) is 0 Å². The normalized spacial score (nSPS) is 9.74. The average Bonchev–Trinajstić information content (AvgIpc) is 2.43. The number of nitrogens with two attached hydrogens (primary N) is 1. The number of anilines is 1. The lowest BCUT2D eigenvalue weighted by Gasteiger charge is -2.11. The van der Waals surface area contributed by atoms with Gasteiger partial charge in [0.1, 0.15) is 11.5 Å². The van der Waals surface area contributed by atoms with E-state index < -0.39 is 0 Å². The molecular weight excluding hydrogens is 308 g/mol. The quantitative estimate of drug-likeness (QED) is 0.876. The van der Waals surface area contributed by atoms with Crippen LogP contribution in [0.1, 0.15) is 5.56 Å². The smallest absolute Gasteiger partial charge is 0.154 e. The highest BCUT2D eigenvalue weighted by atomic mass is 79.9. The van der Waals surface area contributed by atoms with E-state index in [1.807, 2.05) is 0 Å². The van der Waals surface area contributed by atoms with Gasteiger partial charge in [-0.3, -0.25) is 0 Å². The summed E-state index contributed by atoms with van der Waals surface area (Å²) in [7, 11) is 1.58. The summed E-state index contributed by atoms with van der Waals surface area (Å²) in [4.78, 5) is 0. The molecule has 0 saturated heterocycles. The van der Waals surface area contributed by atoms with Crippen LogP contribution in [0, 0.1) is 11.3 Å². The molecule has 0 amide bonds. The van der Waals surface area contributed by atoms with Crippen molar-refractivity contribution in [2.75, 3.05) is 12.8 Å². The third-order valence-corrected chi connectivity index (χ3v) is 3.12. The molecule has 0 aliphatic rings. The Morgan fingerprint density at radius 2 is 1.95 bits per heavy atom. The van der Waals surface area contributed by atoms with Crippen molar-refractivity contribution in [3.8, 4) is 23.3 Å². The molecule has 0 fully saturated rings. The molecule has 19 heavy (non-hydrogen) atoms. The largest absolute Gasteiger partial charge is 0.497 e. The van der Waals surface area contributed by atoms with Crippen molar-refractivity contribution in [2.24, 2.45) is 0 Å². The number of nitrogen functional groups attached to an aromatic ring is 1. The summed E-state index contributed by atoms with van der Waals surface area (Å²) in [5.74, 6) is 1.75. The summed E-state index contributed by atoms with van der Waals surface area (Å²) in [5.41, 5.74) is 6.91. The topological polar surface area (TPSA) is 68.3 Å². The second-order valence-corrected chi connectivity index (χ2v) is 4.62. The number of rotatable bonds is 3. The molecule has 0 radical (unpaired) electrons. The summed E-state index contributed by atoms with van der Waals surface area (Å²) in [6.07, 6.45) is 0. The molecule has 0 aliphatic heterocycles. The van der Waals surface area contributed by atoms with Crippen LogP contribution < -0.4 is 15.2 Å². The SMILES string of the molecule is COc1ccc(N)c(Oc2ccc(C#N)cc2Br)c1. The first-order chi connectivity index (χ1) is 9.13. The van der Waals surface area contributed by atoms with Crippen LogP contribution in [0.2, 0.25) is 0 Å². The number of methoxy groups -OCH3 is 1. The Bertz CT molecular complexity index is 650. The summed E-state index contributed by atoms with van der Waals surface area (Å²) < 4.78 is 11.5. The Morgan fingerprint density at radius 3 is 2.58 bits per heavy atom. The van der Waals surface area contributed by atoms with Crippen LogP contribution in [0.4, 0.5) is 5.69 Å². The molecule has 2 aromatic carbocycles. The lowest BCUT2D eigenvalue weighted by Crippen LogP contribution is -1.94. The van der Waals surface area contributed by atoms with E-state index in [-0.39, 0.29) is 0 Å². The average molecular weight is 319 g/mol. The third kappa shape index (κ3) is 2.98. The van der Waals surface area contributed by atoms with Crippen molar-refractivity contribution in [2.45, 2.75) is 0 Å². The van der Waals surface area contributed by atoms with E-state index >= 15 is 0 Å². The lowest BCUT2D eigenvalue weighted by molar-refractivity contribution is 0.409. The van der Waals surface area contributed by atoms with E-state index in [4.69, 9.17) is 20.5 Å². The first-order valence-corrected chi connectivity index (χ1v) is 6.24. The predicted molar refractivity (Wildman–Crippen MR) is 76.3 cm³/mol. The van der Waals surface area contributed by atoms with E-state index in [9.17, 15) is 0 Å². The molecule has 0 saturated carbocycles. The Morgan fingerprint density at radius 1 is 1.16 bits per heavy atom. The lowest BCUT2D eigenvalue weighted by atomic mass is 10.2. The van der Waals surface area contributed by atoms with Gasteiger partial charge in [-0.05, 0) is 46.3 Å². The minimum Gasteiger partial charge on any atom is -0.497 e. The van der Waals surface area contributed by atoms with Gasteiger partial charge in [-0.15, -0.1) is 0 Å². The van der Waals surface area contributed by atoms with Crippen molar-refractivity contribution in [1.29, 1.82) is 5.26 Å². The first kappa shape index (κ1) is 13.2. The molecular formula is C14H11BrN2O2. The van der Waals surface area contributed by atoms with E-state index in [1.54, 1.807) is 43.5 Å². The molecule has 0 spiro atoms. The van der Waals surface area contributed by atoms with Crippen LogP contribution in [0.25, 0.3) is 0 Å². The van der Waals surface area contributed by atoms with Gasteiger partial charge in [0.15, 0.2) is 5.75 Å². The summed E-state index contributed by atoms with van der Waals surface area (Å²) in [5, 5.41) is 8.81. The third-order valence-electron chi connectivity index (χ3n) is 2.50. The minimum atomic E-state index is 0.504. The van der Waals surface area contributed by atoms with Crippen LogP contribution >= 0.6 is 15.9 Å². The molecule has 0 heterocycles. The summed E-state index contributed by atoms with van der Waals surface area (Å²) in [6.45, 7) is 0. The number of hydrogen-bond donors (Lipinski definition) is 1. The Hall–Kier alpha value is -2.19. The fourth-order valence-corrected chi connectivity index (χ4v) is 1.96. The fourth-order valence-electron chi connectivity index (χ4n) is 1.50. The zero-order chi connectivity index (χ0) is 13.8. The van der Waals surface area contributed by atoms with E-state index in [2.05, 4.69) is 22.0 Å². The molecule has 0 aliphatic carbocycles. The Labute approximate surface area is 119 Å². The highest BCUT2D eigenvalue weighted by Crippen LogP contribution is 2.35. The van der Waals surface area contributed by atoms with Gasteiger partial charge in [0.05, 0.1) is 28.9 Å². The van der Waals surface area contributed by atoms with Crippen LogP contribution in [0.3, 0.4) is 0 Å². The van der Waals surface area contributed by atoms with E-state index in [1.165, 1.54) is 0 Å². The zero-order valence-corrected chi connectivity index (χ0v) is 11.8. The van der Waals surface area contributed by atoms with Gasteiger partial charge in [0, 0.05) is 6.07 Å². The second kappa shape index (κ2) is 5.63. The number of ether oxygens (including phenoxy) is 2. The van der Waals surface area contributed by atoms with Gasteiger partial charge in [-0.25, -0.2) is 0 Å². The molecule has 0 aromatic heterocycles. The Kier molecular flexibility index (Phi) is 3.93. The molecule has 5 heteroatoms. The summed E-state index contributed by atoms with van der Waals surface area (Å²) in [6, 6.07) is 12.3. The maximum Gasteiger partial charge on any atom is 0.154 e. The van der Waals surface area contributed by atoms with Gasteiger partial charge in [0.2, 0.25) is 0 Å². The van der Waals surface area contributed by atoms with Crippen molar-refractivity contribution in [1.82, 2.24) is 0 Å². The molecule has 4 nitrogen and oxygen atoms in total. The fraction of sp³-hybridized carbons (Fsp3) is 0.0714. The summed E-state index contributed by atoms with van der Waals surface area (Å²) >= 11 is 3.36. The number of benzene rings is 2. The maximum atomic E-state index is 8.81. The Balaban J connectivity index is 2.33. The molecule has 2 rings (SSSR count). The first-order valence-electron chi connectivity index (χ1n) is 5.45. The molecule has 0 bridgehead atoms. The van der Waals surface area contributed by atoms with Crippen LogP contribution in [-0.2, 0) is 0 Å². The monoisotopic (exact) mass is 318 g/mol. The number of hydrogen-bond acceptors (Lipinski definition) is 4. The molecule has 0 unspecified atom stereocenters. The number of nitriles is 1. The minimum absolute atomic E-state index is 0.504.